The molecule has 0 bridgehead atoms. The first-order valence-corrected chi connectivity index (χ1v) is 6.71. The maximum atomic E-state index is 9.43. The van der Waals surface area contributed by atoms with E-state index < -0.39 is 0 Å². The summed E-state index contributed by atoms with van der Waals surface area (Å²) in [6, 6.07) is 10.3. The van der Waals surface area contributed by atoms with Gasteiger partial charge >= 0.3 is 0 Å². The lowest BCUT2D eigenvalue weighted by atomic mass is 9.97. The highest BCUT2D eigenvalue weighted by molar-refractivity contribution is 7.09. The van der Waals surface area contributed by atoms with Crippen molar-refractivity contribution in [1.82, 2.24) is 4.98 Å². The number of thiazole rings is 1. The molecule has 90 valence electrons. The van der Waals surface area contributed by atoms with Gasteiger partial charge in [0, 0.05) is 24.1 Å². The molecule has 2 nitrogen and oxygen atoms in total. The van der Waals surface area contributed by atoms with Crippen molar-refractivity contribution >= 4 is 11.3 Å². The molecule has 17 heavy (non-hydrogen) atoms. The summed E-state index contributed by atoms with van der Waals surface area (Å²) in [4.78, 5) is 4.45. The van der Waals surface area contributed by atoms with Crippen molar-refractivity contribution in [1.29, 1.82) is 0 Å². The first kappa shape index (κ1) is 12.3. The van der Waals surface area contributed by atoms with Crippen LogP contribution < -0.4 is 0 Å². The molecular formula is C14H17NOS. The Hall–Kier alpha value is -1.19. The summed E-state index contributed by atoms with van der Waals surface area (Å²) in [5, 5.41) is 12.6. The van der Waals surface area contributed by atoms with Gasteiger partial charge in [0.15, 0.2) is 0 Å². The highest BCUT2D eigenvalue weighted by Crippen LogP contribution is 2.17. The van der Waals surface area contributed by atoms with Crippen LogP contribution in [0, 0.1) is 12.8 Å². The van der Waals surface area contributed by atoms with Gasteiger partial charge in [-0.25, -0.2) is 4.98 Å². The summed E-state index contributed by atoms with van der Waals surface area (Å²) in [7, 11) is 0. The molecule has 0 aliphatic rings. The fourth-order valence-electron chi connectivity index (χ4n) is 1.89. The van der Waals surface area contributed by atoms with Gasteiger partial charge in [0.05, 0.1) is 5.01 Å². The van der Waals surface area contributed by atoms with Crippen LogP contribution in [0.3, 0.4) is 0 Å². The minimum atomic E-state index is 0.216. The standard InChI is InChI=1S/C14H17NOS/c1-11-10-17-14(15-11)8-13(9-16)7-12-5-3-2-4-6-12/h2-6,10,13,16H,7-9H2,1H3. The first-order valence-electron chi connectivity index (χ1n) is 5.83. The summed E-state index contributed by atoms with van der Waals surface area (Å²) in [6.45, 7) is 2.22. The van der Waals surface area contributed by atoms with Gasteiger partial charge in [-0.15, -0.1) is 11.3 Å². The van der Waals surface area contributed by atoms with E-state index >= 15 is 0 Å². The molecule has 1 atom stereocenters. The lowest BCUT2D eigenvalue weighted by molar-refractivity contribution is 0.225. The van der Waals surface area contributed by atoms with E-state index in [1.54, 1.807) is 11.3 Å². The minimum Gasteiger partial charge on any atom is -0.396 e. The third-order valence-corrected chi connectivity index (χ3v) is 3.74. The van der Waals surface area contributed by atoms with Crippen LogP contribution in [0.5, 0.6) is 0 Å². The van der Waals surface area contributed by atoms with E-state index in [1.807, 2.05) is 25.1 Å². The van der Waals surface area contributed by atoms with E-state index in [9.17, 15) is 5.11 Å². The molecule has 2 rings (SSSR count). The number of benzene rings is 1. The molecule has 1 aromatic heterocycles. The zero-order valence-corrected chi connectivity index (χ0v) is 10.8. The van der Waals surface area contributed by atoms with E-state index in [0.717, 1.165) is 23.5 Å². The lowest BCUT2D eigenvalue weighted by Crippen LogP contribution is -2.12. The topological polar surface area (TPSA) is 33.1 Å². The molecule has 3 heteroatoms. The van der Waals surface area contributed by atoms with Crippen LogP contribution in [0.4, 0.5) is 0 Å². The molecule has 2 aromatic rings. The van der Waals surface area contributed by atoms with Gasteiger partial charge in [0.25, 0.3) is 0 Å². The second-order valence-electron chi connectivity index (χ2n) is 4.33. The Morgan fingerprint density at radius 3 is 2.59 bits per heavy atom. The number of hydrogen-bond acceptors (Lipinski definition) is 3. The Bertz CT molecular complexity index is 452. The van der Waals surface area contributed by atoms with Gasteiger partial charge in [-0.2, -0.15) is 0 Å². The van der Waals surface area contributed by atoms with E-state index in [4.69, 9.17) is 0 Å². The van der Waals surface area contributed by atoms with Crippen molar-refractivity contribution in [3.63, 3.8) is 0 Å². The number of aliphatic hydroxyl groups excluding tert-OH is 1. The summed E-state index contributed by atoms with van der Waals surface area (Å²) >= 11 is 1.68. The van der Waals surface area contributed by atoms with Crippen LogP contribution in [0.1, 0.15) is 16.3 Å². The second-order valence-corrected chi connectivity index (χ2v) is 5.27. The Labute approximate surface area is 106 Å². The molecular weight excluding hydrogens is 230 g/mol. The Balaban J connectivity index is 1.98. The largest absolute Gasteiger partial charge is 0.396 e. The molecule has 0 fully saturated rings. The zero-order valence-electron chi connectivity index (χ0n) is 9.97. The van der Waals surface area contributed by atoms with Crippen molar-refractivity contribution in [3.05, 3.63) is 52.0 Å². The molecule has 0 saturated heterocycles. The number of aliphatic hydroxyl groups is 1. The van der Waals surface area contributed by atoms with Crippen molar-refractivity contribution in [2.75, 3.05) is 6.61 Å². The Kier molecular flexibility index (Phi) is 4.29. The summed E-state index contributed by atoms with van der Waals surface area (Å²) in [5.41, 5.74) is 2.35. The number of hydrogen-bond donors (Lipinski definition) is 1. The maximum absolute atomic E-state index is 9.43. The van der Waals surface area contributed by atoms with Crippen molar-refractivity contribution in [3.8, 4) is 0 Å². The zero-order chi connectivity index (χ0) is 12.1. The van der Waals surface area contributed by atoms with Crippen LogP contribution in [0.15, 0.2) is 35.7 Å². The van der Waals surface area contributed by atoms with Gasteiger partial charge in [-0.1, -0.05) is 30.3 Å². The van der Waals surface area contributed by atoms with Gasteiger partial charge < -0.3 is 5.11 Å². The van der Waals surface area contributed by atoms with Gasteiger partial charge in [-0.05, 0) is 24.8 Å². The Morgan fingerprint density at radius 1 is 1.24 bits per heavy atom. The normalized spacial score (nSPS) is 12.6. The highest BCUT2D eigenvalue weighted by atomic mass is 32.1. The van der Waals surface area contributed by atoms with Crippen LogP contribution in [0.25, 0.3) is 0 Å². The Morgan fingerprint density at radius 2 is 2.00 bits per heavy atom. The fourth-order valence-corrected chi connectivity index (χ4v) is 2.78. The van der Waals surface area contributed by atoms with E-state index in [1.165, 1.54) is 5.56 Å². The summed E-state index contributed by atoms with van der Waals surface area (Å²) in [6.07, 6.45) is 1.78. The van der Waals surface area contributed by atoms with Crippen LogP contribution in [0.2, 0.25) is 0 Å². The monoisotopic (exact) mass is 247 g/mol. The summed E-state index contributed by atoms with van der Waals surface area (Å²) in [5.74, 6) is 0.267. The van der Waals surface area contributed by atoms with Gasteiger partial charge in [-0.3, -0.25) is 0 Å². The third-order valence-electron chi connectivity index (χ3n) is 2.76. The molecule has 0 amide bonds. The van der Waals surface area contributed by atoms with E-state index in [2.05, 4.69) is 22.5 Å². The van der Waals surface area contributed by atoms with Crippen LogP contribution in [-0.4, -0.2) is 16.7 Å². The number of rotatable bonds is 5. The molecule has 1 unspecified atom stereocenters. The molecule has 0 aliphatic carbocycles. The van der Waals surface area contributed by atoms with Crippen molar-refractivity contribution < 1.29 is 5.11 Å². The molecule has 0 aliphatic heterocycles. The van der Waals surface area contributed by atoms with E-state index in [0.29, 0.717) is 0 Å². The third kappa shape index (κ3) is 3.65. The molecule has 0 spiro atoms. The average Bonchev–Trinajstić information content (AvgIpc) is 2.75. The lowest BCUT2D eigenvalue weighted by Gasteiger charge is -2.12. The fraction of sp³-hybridized carbons (Fsp3) is 0.357. The quantitative estimate of drug-likeness (QED) is 0.881. The second kappa shape index (κ2) is 5.94. The number of aryl methyl sites for hydroxylation is 1. The SMILES string of the molecule is Cc1csc(CC(CO)Cc2ccccc2)n1. The number of nitrogens with zero attached hydrogens (tertiary/aromatic N) is 1. The predicted octanol–water partition coefficient (Wildman–Crippen LogP) is 2.85. The minimum absolute atomic E-state index is 0.216. The van der Waals surface area contributed by atoms with Crippen LogP contribution >= 0.6 is 11.3 Å². The highest BCUT2D eigenvalue weighted by Gasteiger charge is 2.11. The summed E-state index contributed by atoms with van der Waals surface area (Å²) < 4.78 is 0. The smallest absolute Gasteiger partial charge is 0.0931 e. The number of aromatic nitrogens is 1. The molecule has 1 aromatic carbocycles. The van der Waals surface area contributed by atoms with Crippen LogP contribution in [-0.2, 0) is 12.8 Å². The molecule has 1 heterocycles. The maximum Gasteiger partial charge on any atom is 0.0931 e. The van der Waals surface area contributed by atoms with Gasteiger partial charge in [0.1, 0.15) is 0 Å². The molecule has 1 N–H and O–H groups in total. The molecule has 0 radical (unpaired) electrons. The average molecular weight is 247 g/mol. The van der Waals surface area contributed by atoms with E-state index in [-0.39, 0.29) is 12.5 Å². The van der Waals surface area contributed by atoms with Gasteiger partial charge in [0.2, 0.25) is 0 Å². The van der Waals surface area contributed by atoms with Crippen molar-refractivity contribution in [2.24, 2.45) is 5.92 Å². The molecule has 0 saturated carbocycles. The van der Waals surface area contributed by atoms with Crippen molar-refractivity contribution in [2.45, 2.75) is 19.8 Å². The first-order chi connectivity index (χ1) is 8.28. The predicted molar refractivity (Wildman–Crippen MR) is 71.3 cm³/mol.